The van der Waals surface area contributed by atoms with Crippen LogP contribution in [0.3, 0.4) is 0 Å². The molecule has 1 aliphatic heterocycles. The van der Waals surface area contributed by atoms with Gasteiger partial charge in [-0.3, -0.25) is 14.5 Å². The highest BCUT2D eigenvalue weighted by Gasteiger charge is 2.52. The fourth-order valence-electron chi connectivity index (χ4n) is 4.60. The third-order valence-electron chi connectivity index (χ3n) is 6.25. The zero-order valence-electron chi connectivity index (χ0n) is 20.2. The van der Waals surface area contributed by atoms with Gasteiger partial charge in [0.25, 0.3) is 0 Å². The van der Waals surface area contributed by atoms with Crippen molar-refractivity contribution in [2.24, 2.45) is 5.73 Å². The van der Waals surface area contributed by atoms with Crippen LogP contribution in [0.25, 0.3) is 11.1 Å². The van der Waals surface area contributed by atoms with E-state index in [2.05, 4.69) is 5.32 Å². The highest BCUT2D eigenvalue weighted by atomic mass is 19.1. The van der Waals surface area contributed by atoms with Gasteiger partial charge >= 0.3 is 6.09 Å². The molecule has 1 unspecified atom stereocenters. The Morgan fingerprint density at radius 3 is 2.03 bits per heavy atom. The highest BCUT2D eigenvalue weighted by molar-refractivity contribution is 5.94. The van der Waals surface area contributed by atoms with E-state index in [0.717, 1.165) is 21.6 Å². The number of nitrogens with zero attached hydrogens (tertiary/aromatic N) is 1. The second kappa shape index (κ2) is 10.4. The summed E-state index contributed by atoms with van der Waals surface area (Å²) in [5, 5.41) is 12.7. The maximum Gasteiger partial charge on any atom is 0.408 e. The van der Waals surface area contributed by atoms with Gasteiger partial charge in [0.1, 0.15) is 17.4 Å². The maximum absolute atomic E-state index is 13.6. The van der Waals surface area contributed by atoms with Crippen LogP contribution in [0.15, 0.2) is 48.5 Å². The van der Waals surface area contributed by atoms with Crippen molar-refractivity contribution < 1.29 is 28.6 Å². The molecule has 1 heterocycles. The summed E-state index contributed by atoms with van der Waals surface area (Å²) < 4.78 is 18.6. The summed E-state index contributed by atoms with van der Waals surface area (Å²) in [5.74, 6) is -1.61. The molecule has 0 aromatic heterocycles. The molecule has 188 valence electrons. The number of nitrogens with two attached hydrogens (primary N) is 1. The largest absolute Gasteiger partial charge is 0.465 e. The number of halogens is 1. The average Bonchev–Trinajstić information content (AvgIpc) is 2.79. The van der Waals surface area contributed by atoms with Crippen molar-refractivity contribution in [3.63, 3.8) is 0 Å². The number of carboxylic acid groups (broad SMARTS) is 1. The zero-order chi connectivity index (χ0) is 25.8. The minimum atomic E-state index is -1.39. The minimum Gasteiger partial charge on any atom is -0.465 e. The molecule has 8 nitrogen and oxygen atoms in total. The summed E-state index contributed by atoms with van der Waals surface area (Å²) in [4.78, 5) is 39.2. The van der Waals surface area contributed by atoms with Crippen LogP contribution in [0.2, 0.25) is 0 Å². The molecular formula is C26H32FN3O5. The van der Waals surface area contributed by atoms with Gasteiger partial charge in [0, 0.05) is 38.0 Å². The Bertz CT molecular complexity index is 1060. The van der Waals surface area contributed by atoms with Crippen molar-refractivity contribution in [1.29, 1.82) is 0 Å². The quantitative estimate of drug-likeness (QED) is 0.555. The third-order valence-corrected chi connectivity index (χ3v) is 6.25. The van der Waals surface area contributed by atoms with Crippen molar-refractivity contribution in [3.05, 3.63) is 59.9 Å². The second-order valence-corrected chi connectivity index (χ2v) is 9.77. The van der Waals surface area contributed by atoms with Crippen LogP contribution in [0, 0.1) is 5.82 Å². The molecular weight excluding hydrogens is 453 g/mol. The Morgan fingerprint density at radius 1 is 1.06 bits per heavy atom. The summed E-state index contributed by atoms with van der Waals surface area (Å²) in [5.41, 5.74) is 5.84. The molecule has 1 atom stereocenters. The second-order valence-electron chi connectivity index (χ2n) is 9.77. The van der Waals surface area contributed by atoms with Gasteiger partial charge in [0.2, 0.25) is 11.8 Å². The number of amides is 3. The minimum absolute atomic E-state index is 0.139. The van der Waals surface area contributed by atoms with Crippen molar-refractivity contribution in [1.82, 2.24) is 10.2 Å². The van der Waals surface area contributed by atoms with Gasteiger partial charge in [-0.2, -0.15) is 0 Å². The lowest BCUT2D eigenvalue weighted by molar-refractivity contribution is -0.145. The first kappa shape index (κ1) is 26.2. The van der Waals surface area contributed by atoms with Gasteiger partial charge < -0.3 is 20.9 Å². The van der Waals surface area contributed by atoms with Crippen molar-refractivity contribution in [3.8, 4) is 11.1 Å². The van der Waals surface area contributed by atoms with Crippen LogP contribution in [-0.4, -0.2) is 58.2 Å². The van der Waals surface area contributed by atoms with Crippen LogP contribution < -0.4 is 11.1 Å². The van der Waals surface area contributed by atoms with E-state index in [1.807, 2.05) is 24.3 Å². The molecule has 35 heavy (non-hydrogen) atoms. The molecule has 9 heteroatoms. The Hall–Kier alpha value is -3.46. The van der Waals surface area contributed by atoms with Crippen LogP contribution in [0.5, 0.6) is 0 Å². The van der Waals surface area contributed by atoms with Gasteiger partial charge in [0.15, 0.2) is 0 Å². The van der Waals surface area contributed by atoms with Crippen molar-refractivity contribution in [2.75, 3.05) is 13.2 Å². The lowest BCUT2D eigenvalue weighted by Gasteiger charge is -2.49. The van der Waals surface area contributed by atoms with Crippen molar-refractivity contribution in [2.45, 2.75) is 57.2 Å². The SMILES string of the molecule is CC(C)(C)N(C(=O)O)C1(C(=O)NC(Cc2ccc(-c3ccc(F)cc3)cc2)C(N)=O)CCOCC1. The summed E-state index contributed by atoms with van der Waals surface area (Å²) in [6.45, 7) is 5.61. The summed E-state index contributed by atoms with van der Waals surface area (Å²) in [6.07, 6.45) is -0.748. The average molecular weight is 486 g/mol. The van der Waals surface area contributed by atoms with E-state index in [0.29, 0.717) is 0 Å². The maximum atomic E-state index is 13.6. The number of hydrogen-bond acceptors (Lipinski definition) is 4. The summed E-state index contributed by atoms with van der Waals surface area (Å²) >= 11 is 0. The molecule has 1 aliphatic rings. The fraction of sp³-hybridized carbons (Fsp3) is 0.423. The molecule has 1 fully saturated rings. The molecule has 0 spiro atoms. The topological polar surface area (TPSA) is 122 Å². The lowest BCUT2D eigenvalue weighted by Crippen LogP contribution is -2.69. The molecule has 3 amide bonds. The van der Waals surface area contributed by atoms with E-state index >= 15 is 0 Å². The predicted octanol–water partition coefficient (Wildman–Crippen LogP) is 3.33. The lowest BCUT2D eigenvalue weighted by atomic mass is 9.83. The first-order valence-electron chi connectivity index (χ1n) is 11.5. The molecule has 2 aromatic rings. The van der Waals surface area contributed by atoms with Gasteiger partial charge in [-0.1, -0.05) is 36.4 Å². The smallest absolute Gasteiger partial charge is 0.408 e. The summed E-state index contributed by atoms with van der Waals surface area (Å²) in [7, 11) is 0. The Balaban J connectivity index is 1.82. The third kappa shape index (κ3) is 5.97. The molecule has 3 rings (SSSR count). The standard InChI is InChI=1S/C26H32FN3O5/c1-25(2,3)30(24(33)34)26(12-14-35-15-13-26)23(32)29-21(22(28)31)16-17-4-6-18(7-5-17)19-8-10-20(27)11-9-19/h4-11,21H,12-16H2,1-3H3,(H2,28,31)(H,29,32)(H,33,34). The van der Waals surface area contributed by atoms with Crippen LogP contribution in [-0.2, 0) is 20.7 Å². The molecule has 1 saturated heterocycles. The van der Waals surface area contributed by atoms with E-state index in [4.69, 9.17) is 10.5 Å². The first-order chi connectivity index (χ1) is 16.4. The molecule has 0 bridgehead atoms. The summed E-state index contributed by atoms with van der Waals surface area (Å²) in [6, 6.07) is 12.4. The number of primary amides is 1. The molecule has 0 radical (unpaired) electrons. The van der Waals surface area contributed by atoms with E-state index in [1.165, 1.54) is 12.1 Å². The van der Waals surface area contributed by atoms with E-state index in [9.17, 15) is 23.9 Å². The number of ether oxygens (including phenoxy) is 1. The zero-order valence-corrected chi connectivity index (χ0v) is 20.2. The number of carbonyl (C=O) groups excluding carboxylic acids is 2. The number of rotatable bonds is 7. The monoisotopic (exact) mass is 485 g/mol. The van der Waals surface area contributed by atoms with Crippen LogP contribution in [0.4, 0.5) is 9.18 Å². The number of benzene rings is 2. The number of carbonyl (C=O) groups is 3. The van der Waals surface area contributed by atoms with E-state index in [1.54, 1.807) is 32.9 Å². The van der Waals surface area contributed by atoms with Gasteiger partial charge in [-0.05, 0) is 49.6 Å². The fourth-order valence-corrected chi connectivity index (χ4v) is 4.60. The molecule has 0 saturated carbocycles. The number of nitrogens with one attached hydrogen (secondary N) is 1. The Labute approximate surface area is 204 Å². The van der Waals surface area contributed by atoms with Crippen LogP contribution in [0.1, 0.15) is 39.2 Å². The molecule has 0 aliphatic carbocycles. The predicted molar refractivity (Wildman–Crippen MR) is 129 cm³/mol. The highest BCUT2D eigenvalue weighted by Crippen LogP contribution is 2.34. The molecule has 2 aromatic carbocycles. The van der Waals surface area contributed by atoms with Gasteiger partial charge in [0.05, 0.1) is 0 Å². The first-order valence-corrected chi connectivity index (χ1v) is 11.5. The Kier molecular flexibility index (Phi) is 7.80. The van der Waals surface area contributed by atoms with E-state index in [-0.39, 0.29) is 38.3 Å². The normalized spacial score (nSPS) is 16.2. The van der Waals surface area contributed by atoms with Crippen LogP contribution >= 0.6 is 0 Å². The Morgan fingerprint density at radius 2 is 1.57 bits per heavy atom. The number of hydrogen-bond donors (Lipinski definition) is 3. The van der Waals surface area contributed by atoms with Crippen molar-refractivity contribution >= 4 is 17.9 Å². The molecule has 4 N–H and O–H groups in total. The van der Waals surface area contributed by atoms with E-state index < -0.39 is 35.0 Å². The van der Waals surface area contributed by atoms with Gasteiger partial charge in [-0.25, -0.2) is 9.18 Å². The van der Waals surface area contributed by atoms with Gasteiger partial charge in [-0.15, -0.1) is 0 Å².